The molecule has 2 rings (SSSR count). The average molecular weight is 264 g/mol. The molecular formula is C13H14ClN3O. The average Bonchev–Trinajstić information content (AvgIpc) is 2.72. The van der Waals surface area contributed by atoms with Crippen LogP contribution < -0.4 is 0 Å². The van der Waals surface area contributed by atoms with Crippen LogP contribution in [0.4, 0.5) is 0 Å². The summed E-state index contributed by atoms with van der Waals surface area (Å²) in [6, 6.07) is 7.55. The summed E-state index contributed by atoms with van der Waals surface area (Å²) in [7, 11) is 1.91. The number of nitrogens with zero attached hydrogens (tertiary/aromatic N) is 3. The molecule has 0 aliphatic rings. The van der Waals surface area contributed by atoms with E-state index in [1.165, 1.54) is 0 Å². The van der Waals surface area contributed by atoms with Gasteiger partial charge in [-0.1, -0.05) is 23.7 Å². The Labute approximate surface area is 111 Å². The van der Waals surface area contributed by atoms with Crippen LogP contribution in [0.15, 0.2) is 24.3 Å². The normalized spacial score (nSPS) is 10.6. The molecule has 5 heteroatoms. The fourth-order valence-electron chi connectivity index (χ4n) is 1.80. The van der Waals surface area contributed by atoms with E-state index < -0.39 is 0 Å². The van der Waals surface area contributed by atoms with Gasteiger partial charge in [-0.2, -0.15) is 0 Å². The minimum atomic E-state index is 0.550. The Morgan fingerprint density at radius 2 is 2.11 bits per heavy atom. The lowest BCUT2D eigenvalue weighted by molar-refractivity contribution is -0.107. The van der Waals surface area contributed by atoms with Crippen molar-refractivity contribution in [3.05, 3.63) is 35.1 Å². The predicted octanol–water partition coefficient (Wildman–Crippen LogP) is 2.66. The van der Waals surface area contributed by atoms with Crippen LogP contribution in [0, 0.1) is 0 Å². The van der Waals surface area contributed by atoms with Crippen LogP contribution in [0.25, 0.3) is 11.4 Å². The van der Waals surface area contributed by atoms with Crippen molar-refractivity contribution in [3.63, 3.8) is 0 Å². The highest BCUT2D eigenvalue weighted by molar-refractivity contribution is 6.33. The van der Waals surface area contributed by atoms with Gasteiger partial charge in [-0.15, -0.1) is 10.2 Å². The standard InChI is InChI=1S/C13H14ClN3O/c1-17-12(8-4-5-9-18)15-16-13(17)10-6-2-3-7-11(10)14/h2-3,6-7,9H,4-5,8H2,1H3. The second-order valence-corrected chi connectivity index (χ2v) is 4.44. The molecule has 94 valence electrons. The maximum atomic E-state index is 10.3. The molecule has 0 bridgehead atoms. The van der Waals surface area contributed by atoms with E-state index in [1.54, 1.807) is 0 Å². The first kappa shape index (κ1) is 12.8. The van der Waals surface area contributed by atoms with E-state index in [4.69, 9.17) is 11.6 Å². The summed E-state index contributed by atoms with van der Waals surface area (Å²) in [5.41, 5.74) is 0.871. The number of aldehydes is 1. The topological polar surface area (TPSA) is 47.8 Å². The van der Waals surface area contributed by atoms with E-state index in [0.717, 1.165) is 36.3 Å². The van der Waals surface area contributed by atoms with E-state index >= 15 is 0 Å². The first-order valence-electron chi connectivity index (χ1n) is 5.81. The van der Waals surface area contributed by atoms with E-state index in [2.05, 4.69) is 10.2 Å². The van der Waals surface area contributed by atoms with Crippen LogP contribution in [0.1, 0.15) is 18.7 Å². The minimum absolute atomic E-state index is 0.550. The summed E-state index contributed by atoms with van der Waals surface area (Å²) in [5.74, 6) is 1.62. The monoisotopic (exact) mass is 263 g/mol. The largest absolute Gasteiger partial charge is 0.314 e. The van der Waals surface area contributed by atoms with Gasteiger partial charge in [0.15, 0.2) is 5.82 Å². The quantitative estimate of drug-likeness (QED) is 0.615. The number of unbranched alkanes of at least 4 members (excludes halogenated alkanes) is 1. The zero-order chi connectivity index (χ0) is 13.0. The van der Waals surface area contributed by atoms with E-state index in [0.29, 0.717) is 11.4 Å². The third-order valence-electron chi connectivity index (χ3n) is 2.80. The van der Waals surface area contributed by atoms with Gasteiger partial charge in [-0.3, -0.25) is 0 Å². The Hall–Kier alpha value is -1.68. The highest BCUT2D eigenvalue weighted by Gasteiger charge is 2.12. The van der Waals surface area contributed by atoms with Crippen LogP contribution in [0.5, 0.6) is 0 Å². The molecule has 1 aromatic heterocycles. The summed E-state index contributed by atoms with van der Waals surface area (Å²) in [5, 5.41) is 8.97. The first-order chi connectivity index (χ1) is 8.74. The van der Waals surface area contributed by atoms with E-state index in [1.807, 2.05) is 35.9 Å². The fraction of sp³-hybridized carbons (Fsp3) is 0.308. The maximum Gasteiger partial charge on any atom is 0.165 e. The third-order valence-corrected chi connectivity index (χ3v) is 3.13. The van der Waals surface area contributed by atoms with E-state index in [-0.39, 0.29) is 0 Å². The number of hydrogen-bond acceptors (Lipinski definition) is 3. The zero-order valence-electron chi connectivity index (χ0n) is 10.1. The lowest BCUT2D eigenvalue weighted by Gasteiger charge is -2.04. The maximum absolute atomic E-state index is 10.3. The molecule has 0 radical (unpaired) electrons. The molecule has 4 nitrogen and oxygen atoms in total. The number of aromatic nitrogens is 3. The van der Waals surface area contributed by atoms with Crippen LogP contribution in [0.2, 0.25) is 5.02 Å². The number of rotatable bonds is 5. The van der Waals surface area contributed by atoms with Crippen LogP contribution in [0.3, 0.4) is 0 Å². The predicted molar refractivity (Wildman–Crippen MR) is 70.5 cm³/mol. The Morgan fingerprint density at radius 1 is 1.33 bits per heavy atom. The van der Waals surface area contributed by atoms with Gasteiger partial charge in [0.1, 0.15) is 12.1 Å². The van der Waals surface area contributed by atoms with E-state index in [9.17, 15) is 4.79 Å². The summed E-state index contributed by atoms with van der Waals surface area (Å²) in [6.07, 6.45) is 3.00. The van der Waals surface area contributed by atoms with Crippen molar-refractivity contribution in [1.29, 1.82) is 0 Å². The van der Waals surface area contributed by atoms with Gasteiger partial charge in [0.2, 0.25) is 0 Å². The van der Waals surface area contributed by atoms with Crippen molar-refractivity contribution in [2.24, 2.45) is 7.05 Å². The lowest BCUT2D eigenvalue weighted by atomic mass is 10.2. The highest BCUT2D eigenvalue weighted by Crippen LogP contribution is 2.26. The molecule has 1 heterocycles. The summed E-state index contributed by atoms with van der Waals surface area (Å²) < 4.78 is 1.92. The molecule has 0 spiro atoms. The minimum Gasteiger partial charge on any atom is -0.314 e. The lowest BCUT2D eigenvalue weighted by Crippen LogP contribution is -2.00. The highest BCUT2D eigenvalue weighted by atomic mass is 35.5. The van der Waals surface area contributed by atoms with Crippen LogP contribution >= 0.6 is 11.6 Å². The van der Waals surface area contributed by atoms with Gasteiger partial charge in [0, 0.05) is 25.5 Å². The number of hydrogen-bond donors (Lipinski definition) is 0. The van der Waals surface area contributed by atoms with Crippen molar-refractivity contribution < 1.29 is 4.79 Å². The molecule has 0 fully saturated rings. The zero-order valence-corrected chi connectivity index (χ0v) is 10.9. The molecule has 18 heavy (non-hydrogen) atoms. The summed E-state index contributed by atoms with van der Waals surface area (Å²) >= 11 is 6.14. The fourth-order valence-corrected chi connectivity index (χ4v) is 2.02. The van der Waals surface area contributed by atoms with Gasteiger partial charge in [0.25, 0.3) is 0 Å². The molecule has 0 amide bonds. The van der Waals surface area contributed by atoms with Crippen molar-refractivity contribution in [2.45, 2.75) is 19.3 Å². The van der Waals surface area contributed by atoms with Crippen molar-refractivity contribution in [1.82, 2.24) is 14.8 Å². The Morgan fingerprint density at radius 3 is 2.83 bits per heavy atom. The summed E-state index contributed by atoms with van der Waals surface area (Å²) in [4.78, 5) is 10.3. The van der Waals surface area contributed by atoms with Gasteiger partial charge in [-0.25, -0.2) is 0 Å². The molecule has 0 aliphatic heterocycles. The molecule has 0 saturated heterocycles. The van der Waals surface area contributed by atoms with Crippen molar-refractivity contribution in [3.8, 4) is 11.4 Å². The number of carbonyl (C=O) groups is 1. The van der Waals surface area contributed by atoms with Gasteiger partial charge in [0.05, 0.1) is 5.02 Å². The molecule has 0 aliphatic carbocycles. The number of aryl methyl sites for hydroxylation is 1. The van der Waals surface area contributed by atoms with Crippen molar-refractivity contribution in [2.75, 3.05) is 0 Å². The molecular weight excluding hydrogens is 250 g/mol. The molecule has 0 atom stereocenters. The second kappa shape index (κ2) is 5.78. The first-order valence-corrected chi connectivity index (χ1v) is 6.18. The molecule has 0 N–H and O–H groups in total. The third kappa shape index (κ3) is 2.59. The van der Waals surface area contributed by atoms with Crippen LogP contribution in [-0.2, 0) is 18.3 Å². The Bertz CT molecular complexity index is 551. The van der Waals surface area contributed by atoms with Gasteiger partial charge in [-0.05, 0) is 18.6 Å². The summed E-state index contributed by atoms with van der Waals surface area (Å²) in [6.45, 7) is 0. The van der Waals surface area contributed by atoms with Gasteiger partial charge < -0.3 is 9.36 Å². The van der Waals surface area contributed by atoms with Crippen molar-refractivity contribution >= 4 is 17.9 Å². The Kier molecular flexibility index (Phi) is 4.10. The number of carbonyl (C=O) groups excluding carboxylic acids is 1. The smallest absolute Gasteiger partial charge is 0.165 e. The Balaban J connectivity index is 2.25. The molecule has 1 aromatic carbocycles. The molecule has 2 aromatic rings. The number of halogens is 1. The van der Waals surface area contributed by atoms with Crippen LogP contribution in [-0.4, -0.2) is 21.1 Å². The molecule has 0 unspecified atom stereocenters. The van der Waals surface area contributed by atoms with Gasteiger partial charge >= 0.3 is 0 Å². The second-order valence-electron chi connectivity index (χ2n) is 4.04. The molecule has 0 saturated carbocycles. The SMILES string of the molecule is Cn1c(CCCC=O)nnc1-c1ccccc1Cl. The number of benzene rings is 1.